The molecule has 11 rings (SSSR count). The third kappa shape index (κ3) is 34.4. The Morgan fingerprint density at radius 3 is 0.889 bits per heavy atom. The van der Waals surface area contributed by atoms with Crippen molar-refractivity contribution in [2.75, 3.05) is 75.1 Å². The van der Waals surface area contributed by atoms with Gasteiger partial charge >= 0.3 is 0 Å². The summed E-state index contributed by atoms with van der Waals surface area (Å²) in [7, 11) is 2.99. The molecule has 4 N–H and O–H groups in total. The molecule has 0 aromatic heterocycles. The summed E-state index contributed by atoms with van der Waals surface area (Å²) < 4.78 is 52.9. The molecule has 8 aliphatic rings. The predicted molar refractivity (Wildman–Crippen MR) is 601 cm³/mol. The first-order valence-electron chi connectivity index (χ1n) is 60.8. The van der Waals surface area contributed by atoms with Gasteiger partial charge in [-0.3, -0.25) is 19.2 Å². The molecular weight excluding hydrogens is 1790 g/mol. The second kappa shape index (κ2) is 61.9. The largest absolute Gasteiger partial charge is 0.496 e. The predicted octanol–water partition coefficient (Wildman–Crippen LogP) is 36.1. The van der Waals surface area contributed by atoms with Gasteiger partial charge in [0, 0.05) is 24.3 Å². The van der Waals surface area contributed by atoms with E-state index in [4.69, 9.17) is 37.9 Å². The molecule has 6 saturated carbocycles. The minimum atomic E-state index is -0.539. The minimum Gasteiger partial charge on any atom is -0.496 e. The van der Waals surface area contributed by atoms with Crippen LogP contribution in [-0.2, 0) is 19.1 Å². The van der Waals surface area contributed by atoms with Crippen LogP contribution in [0, 0.1) is 92.7 Å². The Kier molecular flexibility index (Phi) is 50.7. The summed E-state index contributed by atoms with van der Waals surface area (Å²) >= 11 is 0. The Morgan fingerprint density at radius 1 is 0.319 bits per heavy atom. The van der Waals surface area contributed by atoms with Crippen LogP contribution in [0.25, 0.3) is 0 Å². The highest BCUT2D eigenvalue weighted by molar-refractivity contribution is 6.12. The van der Waals surface area contributed by atoms with Gasteiger partial charge in [0.1, 0.15) is 47.7 Å². The Labute approximate surface area is 878 Å². The van der Waals surface area contributed by atoms with E-state index in [1.165, 1.54) is 284 Å². The molecule has 0 radical (unpaired) electrons. The number of carbonyl (C=O) groups excluding carboxylic acids is 4. The average molecular weight is 2000 g/mol. The van der Waals surface area contributed by atoms with E-state index in [0.717, 1.165) is 188 Å². The average Bonchev–Trinajstić information content (AvgIpc) is 1.45. The van der Waals surface area contributed by atoms with Crippen molar-refractivity contribution in [2.45, 2.75) is 507 Å². The topological polar surface area (TPSA) is 190 Å². The fraction of sp³-hybridized carbons (Fsp3) is 0.797. The number of benzene rings is 3. The fourth-order valence-corrected chi connectivity index (χ4v) is 29.1. The normalized spacial score (nSPS) is 25.1. The Bertz CT molecular complexity index is 4070. The third-order valence-corrected chi connectivity index (χ3v) is 37.7. The smallest absolute Gasteiger partial charge is 0.259 e. The van der Waals surface area contributed by atoms with E-state index in [2.05, 4.69) is 130 Å². The minimum absolute atomic E-state index is 0.0640. The van der Waals surface area contributed by atoms with E-state index in [1.54, 1.807) is 35.4 Å². The molecule has 3 aromatic carbocycles. The fourth-order valence-electron chi connectivity index (χ4n) is 29.1. The van der Waals surface area contributed by atoms with Crippen molar-refractivity contribution in [1.82, 2.24) is 0 Å². The second-order valence-corrected chi connectivity index (χ2v) is 49.0. The van der Waals surface area contributed by atoms with Gasteiger partial charge in [0.05, 0.1) is 86.7 Å². The highest BCUT2D eigenvalue weighted by Crippen LogP contribution is 2.70. The molecule has 0 bridgehead atoms. The molecule has 3 aromatic rings. The van der Waals surface area contributed by atoms with Crippen LogP contribution in [0.2, 0.25) is 0 Å². The molecule has 144 heavy (non-hydrogen) atoms. The number of amides is 4. The summed E-state index contributed by atoms with van der Waals surface area (Å²) in [5, 5.41) is 13.0. The number of hydrogen-bond donors (Lipinski definition) is 4. The van der Waals surface area contributed by atoms with Crippen LogP contribution >= 0.6 is 0 Å². The molecule has 16 nitrogen and oxygen atoms in total. The van der Waals surface area contributed by atoms with Gasteiger partial charge in [0.15, 0.2) is 0 Å². The van der Waals surface area contributed by atoms with E-state index in [-0.39, 0.29) is 70.7 Å². The van der Waals surface area contributed by atoms with Gasteiger partial charge in [-0.15, -0.1) is 0 Å². The first kappa shape index (κ1) is 118. The summed E-state index contributed by atoms with van der Waals surface area (Å²) in [6.07, 6.45) is 79.0. The van der Waals surface area contributed by atoms with Crippen LogP contribution in [0.5, 0.6) is 34.5 Å². The zero-order valence-corrected chi connectivity index (χ0v) is 94.7. The zero-order valence-electron chi connectivity index (χ0n) is 94.7. The summed E-state index contributed by atoms with van der Waals surface area (Å²) in [6, 6.07) is 10.3. The number of ether oxygens (including phenoxy) is 8. The number of carbonyl (C=O) groups is 4. The van der Waals surface area contributed by atoms with Crippen LogP contribution in [0.3, 0.4) is 0 Å². The van der Waals surface area contributed by atoms with Gasteiger partial charge in [-0.05, 0) is 233 Å². The summed E-state index contributed by atoms with van der Waals surface area (Å²) in [5.41, 5.74) is 6.10. The van der Waals surface area contributed by atoms with E-state index in [9.17, 15) is 9.59 Å². The monoisotopic (exact) mass is 2000 g/mol. The van der Waals surface area contributed by atoms with Gasteiger partial charge in [0.25, 0.3) is 11.8 Å². The van der Waals surface area contributed by atoms with Crippen molar-refractivity contribution < 1.29 is 57.1 Å². The molecule has 0 unspecified atom stereocenters. The maximum atomic E-state index is 15.5. The number of methoxy groups -OCH3 is 2. The number of rotatable bonds is 72. The number of unbranched alkanes of at least 4 members (excludes halogenated alkanes) is 36. The summed E-state index contributed by atoms with van der Waals surface area (Å²) in [4.78, 5) is 60.4. The molecular formula is C128H210N4O12. The lowest BCUT2D eigenvalue weighted by Gasteiger charge is -2.58. The van der Waals surface area contributed by atoms with Gasteiger partial charge in [-0.2, -0.15) is 0 Å². The van der Waals surface area contributed by atoms with Crippen LogP contribution in [0.4, 0.5) is 22.7 Å². The Hall–Kier alpha value is -6.26. The van der Waals surface area contributed by atoms with E-state index in [0.29, 0.717) is 94.8 Å². The molecule has 8 aliphatic carbocycles. The van der Waals surface area contributed by atoms with Crippen LogP contribution in [0.1, 0.15) is 516 Å². The number of anilines is 4. The maximum Gasteiger partial charge on any atom is 0.259 e. The van der Waals surface area contributed by atoms with Crippen LogP contribution in [-0.4, -0.2) is 89.7 Å². The Balaban J connectivity index is 0.819. The molecule has 16 heteroatoms. The number of fused-ring (bicyclic) bond motifs is 10. The van der Waals surface area contributed by atoms with Gasteiger partial charge in [-0.25, -0.2) is 0 Å². The highest BCUT2D eigenvalue weighted by atomic mass is 16.5. The van der Waals surface area contributed by atoms with Crippen LogP contribution < -0.4 is 49.7 Å². The van der Waals surface area contributed by atoms with E-state index < -0.39 is 11.8 Å². The van der Waals surface area contributed by atoms with Crippen molar-refractivity contribution in [3.05, 3.63) is 70.8 Å². The quantitative estimate of drug-likeness (QED) is 0.0309. The summed E-state index contributed by atoms with van der Waals surface area (Å²) in [6.45, 7) is 35.6. The molecule has 0 aliphatic heterocycles. The van der Waals surface area contributed by atoms with Crippen molar-refractivity contribution in [3.63, 3.8) is 0 Å². The van der Waals surface area contributed by atoms with Crippen molar-refractivity contribution in [1.29, 1.82) is 0 Å². The molecule has 814 valence electrons. The number of allylic oxidation sites excluding steroid dienone is 2. The van der Waals surface area contributed by atoms with Gasteiger partial charge in [0.2, 0.25) is 11.8 Å². The van der Waals surface area contributed by atoms with Crippen molar-refractivity contribution in [2.24, 2.45) is 92.7 Å². The summed E-state index contributed by atoms with van der Waals surface area (Å²) in [5.74, 6) is 9.43. The Morgan fingerprint density at radius 2 is 0.604 bits per heavy atom. The van der Waals surface area contributed by atoms with E-state index >= 15 is 9.59 Å². The third-order valence-electron chi connectivity index (χ3n) is 37.7. The maximum absolute atomic E-state index is 15.5. The SMILES string of the molecule is CCCCCCCCCCCCOc1cc(NC(=O)c2cc(OC)c(C(=O)Nc3cc(OCCCCCCCCCCCC)c(NC(=O)CO[C@H]4CC[C@@]5(C)C(=CC[C@H]6[C@@H]7CC[C@H]([C@H](C)CCCC(C)C)[C@@]7(C)CC[C@@H]65)C4)cc3OCCCCCCCCCCCC)cc2OC)c(OCCCCCCCCCCCC)cc1NC(=O)CO[C@H]1CC[C@@]2(C)C(=CC[C@H]3[C@@H]4CC[C@H]([C@H](C)CCCC(C)C)[C@@]4(C)CC[C@@H]32)C1. The molecule has 16 atom stereocenters. The first-order chi connectivity index (χ1) is 69.8. The second-order valence-electron chi connectivity index (χ2n) is 49.0. The molecule has 0 heterocycles. The lowest BCUT2D eigenvalue weighted by atomic mass is 9.47. The van der Waals surface area contributed by atoms with Crippen molar-refractivity contribution in [3.8, 4) is 34.5 Å². The first-order valence-corrected chi connectivity index (χ1v) is 60.8. The lowest BCUT2D eigenvalue weighted by Crippen LogP contribution is -2.51. The van der Waals surface area contributed by atoms with Crippen molar-refractivity contribution >= 4 is 46.4 Å². The lowest BCUT2D eigenvalue weighted by molar-refractivity contribution is -0.124. The molecule has 0 spiro atoms. The molecule has 6 fully saturated rings. The molecule has 4 amide bonds. The number of nitrogens with one attached hydrogen (secondary N) is 4. The van der Waals surface area contributed by atoms with E-state index in [1.807, 2.05) is 12.1 Å². The number of hydrogen-bond acceptors (Lipinski definition) is 12. The standard InChI is InChI=1S/C128H210N4O12/c1-17-21-25-29-33-37-41-45-49-53-79-139-117-89-113(119(141-81-55-51-47-43-39-35-31-27-23-19-3)87-111(117)129-121(133)91-143-99-71-75-125(11)97(83-99)63-65-101-107-69-67-105(95(9)61-57-59-93(5)6)127(107,13)77-73-109(101)125)131-123(135)103-85-116(138-16)104(86-115(103)137-15)124(136)132-114-90-118(140-80-54-50-46-42-38-34-30-26-22-18-2)112(88-120(114)142-82-56-52-48-44-40-36-32-28-24-20-4)130-122(134)92-144-100-72-76-126(12)98(84-100)64-66-102-108-70-68-106(96(10)62-58-60-94(7)8)128(108,14)78-74-110(102)126/h63-64,85-90,93-96,99-102,105-110H,17-62,65-84,91-92H2,1-16H3,(H,129,133)(H,130,134)(H,131,135)(H,132,136)/t95-,96-,99+,100+,101+,102+,105-,106-,107+,108+,109+,110+,125+,126+,127-,128-/m1/s1. The molecule has 0 saturated heterocycles. The zero-order chi connectivity index (χ0) is 103. The van der Waals surface area contributed by atoms with Crippen LogP contribution in [0.15, 0.2) is 59.7 Å². The van der Waals surface area contributed by atoms with Gasteiger partial charge in [-0.1, -0.05) is 390 Å². The highest BCUT2D eigenvalue weighted by Gasteiger charge is 2.61. The van der Waals surface area contributed by atoms with Gasteiger partial charge < -0.3 is 59.2 Å².